The van der Waals surface area contributed by atoms with E-state index in [0.29, 0.717) is 5.75 Å². The number of ether oxygens (including phenoxy) is 1. The lowest BCUT2D eigenvalue weighted by atomic mass is 10.1. The summed E-state index contributed by atoms with van der Waals surface area (Å²) in [4.78, 5) is -0.763. The van der Waals surface area contributed by atoms with Crippen molar-refractivity contribution in [2.45, 2.75) is 24.9 Å². The summed E-state index contributed by atoms with van der Waals surface area (Å²) in [6.45, 7) is 3.75. The van der Waals surface area contributed by atoms with Crippen molar-refractivity contribution in [2.24, 2.45) is 0 Å². The van der Waals surface area contributed by atoms with Gasteiger partial charge in [-0.3, -0.25) is 0 Å². The number of nitrogens with zero attached hydrogens (tertiary/aromatic N) is 1. The molecule has 0 heterocycles. The highest BCUT2D eigenvalue weighted by Crippen LogP contribution is 2.34. The smallest absolute Gasteiger partial charge is 0.417 e. The van der Waals surface area contributed by atoms with Gasteiger partial charge in [0.2, 0.25) is 10.0 Å². The number of halogens is 3. The van der Waals surface area contributed by atoms with Crippen LogP contribution in [0.2, 0.25) is 0 Å². The highest BCUT2D eigenvalue weighted by molar-refractivity contribution is 7.89. The van der Waals surface area contributed by atoms with E-state index in [1.165, 1.54) is 13.1 Å². The number of alkyl halides is 3. The van der Waals surface area contributed by atoms with Gasteiger partial charge in [-0.05, 0) is 49.2 Å². The van der Waals surface area contributed by atoms with Crippen molar-refractivity contribution in [3.63, 3.8) is 0 Å². The van der Waals surface area contributed by atoms with Crippen molar-refractivity contribution in [1.82, 2.24) is 4.31 Å². The Kier molecular flexibility index (Phi) is 5.98. The van der Waals surface area contributed by atoms with Crippen LogP contribution < -0.4 is 4.74 Å². The third-order valence-electron chi connectivity index (χ3n) is 3.75. The molecule has 142 valence electrons. The predicted molar refractivity (Wildman–Crippen MR) is 92.7 cm³/mol. The van der Waals surface area contributed by atoms with Gasteiger partial charge in [0.1, 0.15) is 12.4 Å². The van der Waals surface area contributed by atoms with Gasteiger partial charge in [0.05, 0.1) is 10.5 Å². The molecular formula is C18H20F3NO3S. The molecule has 26 heavy (non-hydrogen) atoms. The zero-order valence-electron chi connectivity index (χ0n) is 14.7. The fourth-order valence-electron chi connectivity index (χ4n) is 2.52. The van der Waals surface area contributed by atoms with E-state index in [4.69, 9.17) is 4.74 Å². The first-order chi connectivity index (χ1) is 12.0. The molecule has 0 amide bonds. The van der Waals surface area contributed by atoms with E-state index in [9.17, 15) is 21.6 Å². The molecule has 0 aromatic heterocycles. The average molecular weight is 387 g/mol. The van der Waals surface area contributed by atoms with Gasteiger partial charge in [-0.2, -0.15) is 17.5 Å². The predicted octanol–water partition coefficient (Wildman–Crippen LogP) is 4.02. The van der Waals surface area contributed by atoms with E-state index < -0.39 is 26.7 Å². The van der Waals surface area contributed by atoms with Crippen LogP contribution in [0.4, 0.5) is 13.2 Å². The molecule has 8 heteroatoms. The van der Waals surface area contributed by atoms with Crippen molar-refractivity contribution < 1.29 is 26.3 Å². The Balaban J connectivity index is 2.13. The molecule has 0 aliphatic carbocycles. The van der Waals surface area contributed by atoms with Crippen molar-refractivity contribution in [3.8, 4) is 5.75 Å². The molecule has 2 aromatic rings. The molecule has 4 nitrogen and oxygen atoms in total. The molecule has 0 saturated carbocycles. The molecule has 0 N–H and O–H groups in total. The van der Waals surface area contributed by atoms with Gasteiger partial charge in [0, 0.05) is 13.6 Å². The quantitative estimate of drug-likeness (QED) is 0.752. The minimum absolute atomic E-state index is 0.0206. The van der Waals surface area contributed by atoms with Crippen LogP contribution in [0.1, 0.15) is 16.7 Å². The second-order valence-electron chi connectivity index (χ2n) is 5.99. The van der Waals surface area contributed by atoms with Crippen LogP contribution >= 0.6 is 0 Å². The molecule has 0 radical (unpaired) electrons. The fraction of sp³-hybridized carbons (Fsp3) is 0.333. The third kappa shape index (κ3) is 4.76. The average Bonchev–Trinajstić information content (AvgIpc) is 2.53. The second-order valence-corrected chi connectivity index (χ2v) is 8.01. The summed E-state index contributed by atoms with van der Waals surface area (Å²) in [6, 6.07) is 9.72. The van der Waals surface area contributed by atoms with E-state index in [1.54, 1.807) is 12.1 Å². The minimum Gasteiger partial charge on any atom is -0.492 e. The maximum Gasteiger partial charge on any atom is 0.417 e. The summed E-state index contributed by atoms with van der Waals surface area (Å²) < 4.78 is 70.7. The molecule has 0 saturated heterocycles. The number of hydrogen-bond donors (Lipinski definition) is 0. The van der Waals surface area contributed by atoms with Gasteiger partial charge in [0.15, 0.2) is 0 Å². The summed E-state index contributed by atoms with van der Waals surface area (Å²) in [6.07, 6.45) is -4.75. The van der Waals surface area contributed by atoms with Crippen LogP contribution in [-0.2, 0) is 16.2 Å². The van der Waals surface area contributed by atoms with Crippen molar-refractivity contribution in [1.29, 1.82) is 0 Å². The lowest BCUT2D eigenvalue weighted by Gasteiger charge is -2.20. The first-order valence-electron chi connectivity index (χ1n) is 7.85. The molecule has 0 spiro atoms. The van der Waals surface area contributed by atoms with Gasteiger partial charge in [0.25, 0.3) is 0 Å². The monoisotopic (exact) mass is 387 g/mol. The molecule has 0 aliphatic rings. The SMILES string of the molecule is Cc1cc(C)cc(OCCN(C)S(=O)(=O)c2ccccc2C(F)(F)F)c1. The van der Waals surface area contributed by atoms with E-state index in [1.807, 2.05) is 19.9 Å². The zero-order valence-corrected chi connectivity index (χ0v) is 15.5. The van der Waals surface area contributed by atoms with E-state index in [0.717, 1.165) is 33.6 Å². The second kappa shape index (κ2) is 7.67. The summed E-state index contributed by atoms with van der Waals surface area (Å²) >= 11 is 0. The van der Waals surface area contributed by atoms with Crippen LogP contribution in [-0.4, -0.2) is 32.9 Å². The van der Waals surface area contributed by atoms with Gasteiger partial charge in [-0.25, -0.2) is 8.42 Å². The van der Waals surface area contributed by atoms with Crippen LogP contribution in [0.25, 0.3) is 0 Å². The Morgan fingerprint density at radius 1 is 1.04 bits per heavy atom. The molecule has 2 rings (SSSR count). The standard InChI is InChI=1S/C18H20F3NO3S/c1-13-10-14(2)12-15(11-13)25-9-8-22(3)26(23,24)17-7-5-4-6-16(17)18(19,20)21/h4-7,10-12H,8-9H2,1-3H3. The maximum absolute atomic E-state index is 13.1. The maximum atomic E-state index is 13.1. The molecule has 0 unspecified atom stereocenters. The molecule has 0 bridgehead atoms. The largest absolute Gasteiger partial charge is 0.492 e. The Morgan fingerprint density at radius 3 is 2.19 bits per heavy atom. The van der Waals surface area contributed by atoms with E-state index in [-0.39, 0.29) is 13.2 Å². The Hall–Kier alpha value is -2.06. The highest BCUT2D eigenvalue weighted by atomic mass is 32.2. The van der Waals surface area contributed by atoms with Gasteiger partial charge < -0.3 is 4.74 Å². The fourth-order valence-corrected chi connectivity index (χ4v) is 3.89. The molecule has 2 aromatic carbocycles. The number of sulfonamides is 1. The first kappa shape index (κ1) is 20.3. The molecule has 0 aliphatic heterocycles. The normalized spacial score (nSPS) is 12.4. The van der Waals surface area contributed by atoms with Gasteiger partial charge >= 0.3 is 6.18 Å². The van der Waals surface area contributed by atoms with Crippen molar-refractivity contribution in [3.05, 3.63) is 59.2 Å². The van der Waals surface area contributed by atoms with Crippen LogP contribution in [0.3, 0.4) is 0 Å². The highest BCUT2D eigenvalue weighted by Gasteiger charge is 2.38. The third-order valence-corrected chi connectivity index (χ3v) is 5.67. The van der Waals surface area contributed by atoms with E-state index in [2.05, 4.69) is 0 Å². The van der Waals surface area contributed by atoms with Crippen LogP contribution in [0, 0.1) is 13.8 Å². The van der Waals surface area contributed by atoms with Gasteiger partial charge in [-0.15, -0.1) is 0 Å². The van der Waals surface area contributed by atoms with Crippen molar-refractivity contribution in [2.75, 3.05) is 20.2 Å². The Bertz CT molecular complexity index is 859. The van der Waals surface area contributed by atoms with Crippen molar-refractivity contribution >= 4 is 10.0 Å². The topological polar surface area (TPSA) is 46.6 Å². The minimum atomic E-state index is -4.75. The Morgan fingerprint density at radius 2 is 1.62 bits per heavy atom. The number of hydrogen-bond acceptors (Lipinski definition) is 3. The number of rotatable bonds is 6. The summed E-state index contributed by atoms with van der Waals surface area (Å²) in [7, 11) is -3.06. The number of likely N-dealkylation sites (N-methyl/N-ethyl adjacent to an activating group) is 1. The summed E-state index contributed by atoms with van der Waals surface area (Å²) in [5.74, 6) is 0.587. The molecule has 0 atom stereocenters. The lowest BCUT2D eigenvalue weighted by molar-refractivity contribution is -0.139. The molecular weight excluding hydrogens is 367 g/mol. The zero-order chi connectivity index (χ0) is 19.5. The first-order valence-corrected chi connectivity index (χ1v) is 9.29. The number of benzene rings is 2. The summed E-state index contributed by atoms with van der Waals surface area (Å²) in [5, 5.41) is 0. The van der Waals surface area contributed by atoms with Crippen LogP contribution in [0.5, 0.6) is 5.75 Å². The van der Waals surface area contributed by atoms with E-state index >= 15 is 0 Å². The lowest BCUT2D eigenvalue weighted by Crippen LogP contribution is -2.32. The number of aryl methyl sites for hydroxylation is 2. The Labute approximate surface area is 151 Å². The van der Waals surface area contributed by atoms with Crippen LogP contribution in [0.15, 0.2) is 47.4 Å². The van der Waals surface area contributed by atoms with Gasteiger partial charge in [-0.1, -0.05) is 18.2 Å². The molecule has 0 fully saturated rings. The summed E-state index contributed by atoms with van der Waals surface area (Å²) in [5.41, 5.74) is 0.822.